The fourth-order valence-electron chi connectivity index (χ4n) is 2.92. The maximum Gasteiger partial charge on any atom is 0.373 e. The smallest absolute Gasteiger partial charge is 0.373 e. The van der Waals surface area contributed by atoms with Gasteiger partial charge < -0.3 is 18.6 Å². The molecule has 0 saturated heterocycles. The minimum atomic E-state index is -0.499. The lowest BCUT2D eigenvalue weighted by atomic mass is 9.99. The zero-order valence-electron chi connectivity index (χ0n) is 15.9. The number of methoxy groups -OCH3 is 2. The van der Waals surface area contributed by atoms with Crippen molar-refractivity contribution in [3.05, 3.63) is 71.2 Å². The van der Waals surface area contributed by atoms with Crippen molar-refractivity contribution in [2.24, 2.45) is 0 Å². The molecule has 0 N–H and O–H groups in total. The van der Waals surface area contributed by atoms with Crippen LogP contribution in [0.4, 0.5) is 0 Å². The number of hydrogen-bond acceptors (Lipinski definition) is 5. The standard InChI is InChI=1S/C22H22O5/c1-14-11-17(9-10-18(14)19-7-5-6-8-20(19)24-3)26-13-16-12-21(22(23)25-4)27-15(16)2/h5-12H,13H2,1-4H3. The van der Waals surface area contributed by atoms with Crippen molar-refractivity contribution in [1.82, 2.24) is 0 Å². The number of rotatable bonds is 6. The van der Waals surface area contributed by atoms with Gasteiger partial charge in [0.05, 0.1) is 14.2 Å². The Balaban J connectivity index is 1.77. The summed E-state index contributed by atoms with van der Waals surface area (Å²) < 4.78 is 21.4. The number of carbonyl (C=O) groups excluding carboxylic acids is 1. The molecule has 140 valence electrons. The van der Waals surface area contributed by atoms with Gasteiger partial charge in [0, 0.05) is 11.1 Å². The highest BCUT2D eigenvalue weighted by atomic mass is 16.5. The molecule has 0 atom stereocenters. The second-order valence-electron chi connectivity index (χ2n) is 6.15. The first kappa shape index (κ1) is 18.6. The molecule has 1 heterocycles. The number of carbonyl (C=O) groups is 1. The molecule has 5 nitrogen and oxygen atoms in total. The topological polar surface area (TPSA) is 57.9 Å². The van der Waals surface area contributed by atoms with E-state index in [4.69, 9.17) is 13.9 Å². The first-order chi connectivity index (χ1) is 13.0. The Bertz CT molecular complexity index is 955. The van der Waals surface area contributed by atoms with Crippen LogP contribution in [0.3, 0.4) is 0 Å². The Labute approximate surface area is 158 Å². The van der Waals surface area contributed by atoms with E-state index >= 15 is 0 Å². The van der Waals surface area contributed by atoms with Gasteiger partial charge in [-0.3, -0.25) is 0 Å². The molecule has 0 fully saturated rings. The van der Waals surface area contributed by atoms with Crippen LogP contribution in [0.25, 0.3) is 11.1 Å². The third-order valence-corrected chi connectivity index (χ3v) is 4.40. The molecule has 27 heavy (non-hydrogen) atoms. The number of benzene rings is 2. The first-order valence-electron chi connectivity index (χ1n) is 8.58. The van der Waals surface area contributed by atoms with Crippen molar-refractivity contribution < 1.29 is 23.4 Å². The Morgan fingerprint density at radius 3 is 2.48 bits per heavy atom. The Hall–Kier alpha value is -3.21. The highest BCUT2D eigenvalue weighted by molar-refractivity contribution is 5.86. The number of para-hydroxylation sites is 1. The average molecular weight is 366 g/mol. The lowest BCUT2D eigenvalue weighted by Gasteiger charge is -2.13. The lowest BCUT2D eigenvalue weighted by Crippen LogP contribution is -1.99. The maximum absolute atomic E-state index is 11.6. The Kier molecular flexibility index (Phi) is 5.50. The Morgan fingerprint density at radius 2 is 1.78 bits per heavy atom. The fraction of sp³-hybridized carbons (Fsp3) is 0.227. The van der Waals surface area contributed by atoms with Crippen molar-refractivity contribution >= 4 is 5.97 Å². The van der Waals surface area contributed by atoms with E-state index in [-0.39, 0.29) is 5.76 Å². The summed E-state index contributed by atoms with van der Waals surface area (Å²) in [5.41, 5.74) is 4.02. The van der Waals surface area contributed by atoms with Crippen LogP contribution in [-0.4, -0.2) is 20.2 Å². The number of hydrogen-bond donors (Lipinski definition) is 0. The Morgan fingerprint density at radius 1 is 1.00 bits per heavy atom. The summed E-state index contributed by atoms with van der Waals surface area (Å²) in [4.78, 5) is 11.6. The van der Waals surface area contributed by atoms with Crippen LogP contribution in [0.15, 0.2) is 52.9 Å². The molecule has 0 bridgehead atoms. The normalized spacial score (nSPS) is 10.5. The summed E-state index contributed by atoms with van der Waals surface area (Å²) in [6.07, 6.45) is 0. The van der Waals surface area contributed by atoms with Crippen LogP contribution in [0.5, 0.6) is 11.5 Å². The molecule has 0 unspecified atom stereocenters. The number of ether oxygens (including phenoxy) is 3. The van der Waals surface area contributed by atoms with E-state index in [2.05, 4.69) is 4.74 Å². The third kappa shape index (κ3) is 3.97. The van der Waals surface area contributed by atoms with Gasteiger partial charge in [-0.05, 0) is 49.2 Å². The number of aryl methyl sites for hydroxylation is 2. The first-order valence-corrected chi connectivity index (χ1v) is 8.58. The molecule has 0 aliphatic heterocycles. The highest BCUT2D eigenvalue weighted by Gasteiger charge is 2.15. The van der Waals surface area contributed by atoms with E-state index in [9.17, 15) is 4.79 Å². The van der Waals surface area contributed by atoms with E-state index in [0.29, 0.717) is 12.4 Å². The third-order valence-electron chi connectivity index (χ3n) is 4.40. The molecule has 2 aromatic carbocycles. The highest BCUT2D eigenvalue weighted by Crippen LogP contribution is 2.33. The van der Waals surface area contributed by atoms with Gasteiger partial charge in [-0.25, -0.2) is 4.79 Å². The van der Waals surface area contributed by atoms with Crippen LogP contribution in [0.1, 0.15) is 27.4 Å². The molecule has 5 heteroatoms. The van der Waals surface area contributed by atoms with Crippen molar-refractivity contribution in [2.45, 2.75) is 20.5 Å². The quantitative estimate of drug-likeness (QED) is 0.579. The SMILES string of the molecule is COC(=O)c1cc(COc2ccc(-c3ccccc3OC)c(C)c2)c(C)o1. The summed E-state index contributed by atoms with van der Waals surface area (Å²) >= 11 is 0. The molecule has 0 aliphatic rings. The molecule has 0 spiro atoms. The number of furan rings is 1. The second kappa shape index (κ2) is 7.99. The van der Waals surface area contributed by atoms with Gasteiger partial charge in [0.2, 0.25) is 5.76 Å². The van der Waals surface area contributed by atoms with E-state index in [1.165, 1.54) is 7.11 Å². The molecule has 3 aromatic rings. The van der Waals surface area contributed by atoms with Crippen LogP contribution in [0.2, 0.25) is 0 Å². The molecule has 1 aromatic heterocycles. The zero-order chi connectivity index (χ0) is 19.4. The minimum Gasteiger partial charge on any atom is -0.496 e. The van der Waals surface area contributed by atoms with Gasteiger partial charge in [-0.15, -0.1) is 0 Å². The average Bonchev–Trinajstić information content (AvgIpc) is 3.06. The molecule has 0 amide bonds. The summed E-state index contributed by atoms with van der Waals surface area (Å²) in [7, 11) is 2.99. The van der Waals surface area contributed by atoms with Crippen molar-refractivity contribution in [1.29, 1.82) is 0 Å². The monoisotopic (exact) mass is 366 g/mol. The summed E-state index contributed by atoms with van der Waals surface area (Å²) in [6.45, 7) is 4.13. The van der Waals surface area contributed by atoms with Gasteiger partial charge in [0.1, 0.15) is 23.9 Å². The zero-order valence-corrected chi connectivity index (χ0v) is 15.9. The van der Waals surface area contributed by atoms with Crippen LogP contribution in [-0.2, 0) is 11.3 Å². The van der Waals surface area contributed by atoms with E-state index < -0.39 is 5.97 Å². The fourth-order valence-corrected chi connectivity index (χ4v) is 2.92. The largest absolute Gasteiger partial charge is 0.496 e. The molecular weight excluding hydrogens is 344 g/mol. The second-order valence-corrected chi connectivity index (χ2v) is 6.15. The van der Waals surface area contributed by atoms with E-state index in [1.54, 1.807) is 20.1 Å². The van der Waals surface area contributed by atoms with E-state index in [1.807, 2.05) is 49.4 Å². The molecular formula is C22H22O5. The van der Waals surface area contributed by atoms with Crippen LogP contribution in [0, 0.1) is 13.8 Å². The summed E-state index contributed by atoms with van der Waals surface area (Å²) in [5.74, 6) is 1.89. The molecule has 0 aliphatic carbocycles. The number of esters is 1. The lowest BCUT2D eigenvalue weighted by molar-refractivity contribution is 0.0563. The van der Waals surface area contributed by atoms with E-state index in [0.717, 1.165) is 33.8 Å². The minimum absolute atomic E-state index is 0.177. The molecule has 0 radical (unpaired) electrons. The molecule has 3 rings (SSSR count). The van der Waals surface area contributed by atoms with Gasteiger partial charge in [-0.1, -0.05) is 24.3 Å². The summed E-state index contributed by atoms with van der Waals surface area (Å²) in [5, 5.41) is 0. The van der Waals surface area contributed by atoms with Crippen LogP contribution >= 0.6 is 0 Å². The van der Waals surface area contributed by atoms with Gasteiger partial charge >= 0.3 is 5.97 Å². The molecule has 0 saturated carbocycles. The van der Waals surface area contributed by atoms with Gasteiger partial charge in [0.15, 0.2) is 0 Å². The van der Waals surface area contributed by atoms with Crippen LogP contribution < -0.4 is 9.47 Å². The van der Waals surface area contributed by atoms with Gasteiger partial charge in [0.25, 0.3) is 0 Å². The van der Waals surface area contributed by atoms with Crippen molar-refractivity contribution in [3.8, 4) is 22.6 Å². The predicted octanol–water partition coefficient (Wildman–Crippen LogP) is 4.94. The van der Waals surface area contributed by atoms with Crippen molar-refractivity contribution in [3.63, 3.8) is 0 Å². The summed E-state index contributed by atoms with van der Waals surface area (Å²) in [6, 6.07) is 15.5. The maximum atomic E-state index is 11.6. The van der Waals surface area contributed by atoms with Crippen molar-refractivity contribution in [2.75, 3.05) is 14.2 Å². The predicted molar refractivity (Wildman–Crippen MR) is 102 cm³/mol. The van der Waals surface area contributed by atoms with Gasteiger partial charge in [-0.2, -0.15) is 0 Å².